The van der Waals surface area contributed by atoms with Crippen molar-refractivity contribution in [3.05, 3.63) is 39.7 Å². The lowest BCUT2D eigenvalue weighted by molar-refractivity contribution is -0.385. The Morgan fingerprint density at radius 1 is 1.33 bits per heavy atom. The van der Waals surface area contributed by atoms with Crippen LogP contribution in [0.15, 0.2) is 18.2 Å². The topological polar surface area (TPSA) is 72.7 Å². The van der Waals surface area contributed by atoms with Crippen molar-refractivity contribution in [2.75, 3.05) is 26.3 Å². The summed E-state index contributed by atoms with van der Waals surface area (Å²) >= 11 is 0. The van der Waals surface area contributed by atoms with Crippen molar-refractivity contribution in [3.8, 4) is 0 Å². The Bertz CT molecular complexity index is 591. The number of amides is 1. The van der Waals surface area contributed by atoms with Gasteiger partial charge in [-0.05, 0) is 18.9 Å². The van der Waals surface area contributed by atoms with Gasteiger partial charge in [0.2, 0.25) is 0 Å². The summed E-state index contributed by atoms with van der Waals surface area (Å²) in [5.41, 5.74) is -0.264. The Morgan fingerprint density at radius 2 is 2.00 bits per heavy atom. The maximum atomic E-state index is 13.9. The SMILES string of the molecule is O=C(c1ccc([N+](=O)[O-])cc1F)N1CCC2(CC1)COC2. The molecule has 2 heterocycles. The van der Waals surface area contributed by atoms with Crippen molar-refractivity contribution in [3.63, 3.8) is 0 Å². The molecule has 2 fully saturated rings. The molecular formula is C14H15FN2O4. The van der Waals surface area contributed by atoms with Crippen molar-refractivity contribution in [2.24, 2.45) is 5.41 Å². The molecule has 6 nitrogen and oxygen atoms in total. The lowest BCUT2D eigenvalue weighted by Crippen LogP contribution is -2.52. The molecule has 0 aromatic heterocycles. The fourth-order valence-electron chi connectivity index (χ4n) is 2.82. The highest BCUT2D eigenvalue weighted by Crippen LogP contribution is 2.38. The van der Waals surface area contributed by atoms with Gasteiger partial charge in [-0.1, -0.05) is 0 Å². The van der Waals surface area contributed by atoms with Gasteiger partial charge in [0.1, 0.15) is 5.82 Å². The monoisotopic (exact) mass is 294 g/mol. The van der Waals surface area contributed by atoms with E-state index in [0.29, 0.717) is 13.1 Å². The molecule has 0 unspecified atom stereocenters. The summed E-state index contributed by atoms with van der Waals surface area (Å²) in [6.07, 6.45) is 1.71. The first kappa shape index (κ1) is 13.9. The van der Waals surface area contributed by atoms with Crippen LogP contribution in [-0.2, 0) is 4.74 Å². The van der Waals surface area contributed by atoms with Crippen molar-refractivity contribution < 1.29 is 18.8 Å². The highest BCUT2D eigenvalue weighted by atomic mass is 19.1. The number of ether oxygens (including phenoxy) is 1. The number of non-ortho nitro benzene ring substituents is 1. The van der Waals surface area contributed by atoms with E-state index in [-0.39, 0.29) is 16.7 Å². The third-order valence-corrected chi connectivity index (χ3v) is 4.32. The summed E-state index contributed by atoms with van der Waals surface area (Å²) in [6, 6.07) is 3.13. The minimum Gasteiger partial charge on any atom is -0.380 e. The predicted molar refractivity (Wildman–Crippen MR) is 71.4 cm³/mol. The Morgan fingerprint density at radius 3 is 2.48 bits per heavy atom. The van der Waals surface area contributed by atoms with Gasteiger partial charge in [0.15, 0.2) is 0 Å². The molecule has 21 heavy (non-hydrogen) atoms. The highest BCUT2D eigenvalue weighted by molar-refractivity contribution is 5.94. The minimum atomic E-state index is -0.846. The molecule has 2 aliphatic rings. The van der Waals surface area contributed by atoms with Crippen molar-refractivity contribution >= 4 is 11.6 Å². The lowest BCUT2D eigenvalue weighted by atomic mass is 9.77. The molecule has 2 saturated heterocycles. The number of carbonyl (C=O) groups excluding carboxylic acids is 1. The highest BCUT2D eigenvalue weighted by Gasteiger charge is 2.42. The van der Waals surface area contributed by atoms with Crippen LogP contribution in [0.4, 0.5) is 10.1 Å². The second kappa shape index (κ2) is 5.07. The van der Waals surface area contributed by atoms with E-state index in [1.807, 2.05) is 0 Å². The molecular weight excluding hydrogens is 279 g/mol. The third-order valence-electron chi connectivity index (χ3n) is 4.32. The van der Waals surface area contributed by atoms with Crippen molar-refractivity contribution in [2.45, 2.75) is 12.8 Å². The van der Waals surface area contributed by atoms with E-state index in [4.69, 9.17) is 4.74 Å². The number of carbonyl (C=O) groups is 1. The molecule has 0 saturated carbocycles. The van der Waals surface area contributed by atoms with Gasteiger partial charge in [-0.2, -0.15) is 0 Å². The fourth-order valence-corrected chi connectivity index (χ4v) is 2.82. The van der Waals surface area contributed by atoms with E-state index in [2.05, 4.69) is 0 Å². The minimum absolute atomic E-state index is 0.110. The number of likely N-dealkylation sites (tertiary alicyclic amines) is 1. The first-order chi connectivity index (χ1) is 10.0. The van der Waals surface area contributed by atoms with Crippen LogP contribution in [0.2, 0.25) is 0 Å². The zero-order chi connectivity index (χ0) is 15.0. The maximum absolute atomic E-state index is 13.9. The molecule has 7 heteroatoms. The van der Waals surface area contributed by atoms with Crippen molar-refractivity contribution in [1.82, 2.24) is 4.90 Å². The average Bonchev–Trinajstić information content (AvgIpc) is 2.45. The Hall–Kier alpha value is -2.02. The van der Waals surface area contributed by atoms with E-state index >= 15 is 0 Å². The van der Waals surface area contributed by atoms with Crippen LogP contribution in [0, 0.1) is 21.3 Å². The molecule has 0 aliphatic carbocycles. The van der Waals surface area contributed by atoms with Gasteiger partial charge < -0.3 is 9.64 Å². The molecule has 2 aliphatic heterocycles. The Labute approximate surface area is 120 Å². The van der Waals surface area contributed by atoms with Crippen LogP contribution in [-0.4, -0.2) is 42.0 Å². The maximum Gasteiger partial charge on any atom is 0.272 e. The van der Waals surface area contributed by atoms with E-state index in [9.17, 15) is 19.3 Å². The van der Waals surface area contributed by atoms with E-state index in [1.165, 1.54) is 6.07 Å². The lowest BCUT2D eigenvalue weighted by Gasteiger charge is -2.47. The van der Waals surface area contributed by atoms with Crippen LogP contribution in [0.5, 0.6) is 0 Å². The number of rotatable bonds is 2. The largest absolute Gasteiger partial charge is 0.380 e. The summed E-state index contributed by atoms with van der Waals surface area (Å²) in [6.45, 7) is 2.61. The summed E-state index contributed by atoms with van der Waals surface area (Å²) in [4.78, 5) is 23.8. The molecule has 1 aromatic rings. The molecule has 0 N–H and O–H groups in total. The molecule has 0 atom stereocenters. The molecule has 1 aromatic carbocycles. The summed E-state index contributed by atoms with van der Waals surface area (Å²) < 4.78 is 19.1. The third kappa shape index (κ3) is 2.49. The molecule has 112 valence electrons. The Balaban J connectivity index is 1.72. The van der Waals surface area contributed by atoms with E-state index < -0.39 is 16.6 Å². The number of hydrogen-bond acceptors (Lipinski definition) is 4. The van der Waals surface area contributed by atoms with Crippen LogP contribution in [0.25, 0.3) is 0 Å². The predicted octanol–water partition coefficient (Wildman–Crippen LogP) is 1.99. The molecule has 0 bridgehead atoms. The van der Waals surface area contributed by atoms with Crippen LogP contribution >= 0.6 is 0 Å². The number of piperidine rings is 1. The quantitative estimate of drug-likeness (QED) is 0.617. The first-order valence-electron chi connectivity index (χ1n) is 6.82. The second-order valence-electron chi connectivity index (χ2n) is 5.71. The summed E-state index contributed by atoms with van der Waals surface area (Å²) in [5, 5.41) is 10.6. The zero-order valence-electron chi connectivity index (χ0n) is 11.4. The average molecular weight is 294 g/mol. The first-order valence-corrected chi connectivity index (χ1v) is 6.82. The van der Waals surface area contributed by atoms with Crippen molar-refractivity contribution in [1.29, 1.82) is 0 Å². The van der Waals surface area contributed by atoms with Crippen LogP contribution < -0.4 is 0 Å². The van der Waals surface area contributed by atoms with Gasteiger partial charge in [-0.15, -0.1) is 0 Å². The zero-order valence-corrected chi connectivity index (χ0v) is 11.4. The standard InChI is InChI=1S/C14H15FN2O4/c15-12-7-10(17(19)20)1-2-11(12)13(18)16-5-3-14(4-6-16)8-21-9-14/h1-2,7H,3-6,8-9H2. The normalized spacial score (nSPS) is 20.1. The fraction of sp³-hybridized carbons (Fsp3) is 0.500. The number of nitro groups is 1. The van der Waals surface area contributed by atoms with Gasteiger partial charge in [0.05, 0.1) is 29.8 Å². The van der Waals surface area contributed by atoms with E-state index in [0.717, 1.165) is 38.2 Å². The Kier molecular flexibility index (Phi) is 3.36. The van der Waals surface area contributed by atoms with Gasteiger partial charge in [-0.3, -0.25) is 14.9 Å². The number of benzene rings is 1. The number of hydrogen-bond donors (Lipinski definition) is 0. The van der Waals surface area contributed by atoms with Gasteiger partial charge in [-0.25, -0.2) is 4.39 Å². The smallest absolute Gasteiger partial charge is 0.272 e. The number of nitrogens with zero attached hydrogens (tertiary/aromatic N) is 2. The number of nitro benzene ring substituents is 1. The molecule has 0 radical (unpaired) electrons. The molecule has 3 rings (SSSR count). The van der Waals surface area contributed by atoms with Gasteiger partial charge in [0, 0.05) is 24.6 Å². The summed E-state index contributed by atoms with van der Waals surface area (Å²) in [5.74, 6) is -1.25. The van der Waals surface area contributed by atoms with Crippen LogP contribution in [0.3, 0.4) is 0 Å². The number of halogens is 1. The second-order valence-corrected chi connectivity index (χ2v) is 5.71. The van der Waals surface area contributed by atoms with Gasteiger partial charge >= 0.3 is 0 Å². The van der Waals surface area contributed by atoms with E-state index in [1.54, 1.807) is 4.90 Å². The molecule has 1 spiro atoms. The molecule has 1 amide bonds. The van der Waals surface area contributed by atoms with Gasteiger partial charge in [0.25, 0.3) is 11.6 Å². The van der Waals surface area contributed by atoms with Crippen LogP contribution in [0.1, 0.15) is 23.2 Å². The summed E-state index contributed by atoms with van der Waals surface area (Å²) in [7, 11) is 0.